The summed E-state index contributed by atoms with van der Waals surface area (Å²) < 4.78 is 19.6. The molecule has 0 aliphatic heterocycles. The summed E-state index contributed by atoms with van der Waals surface area (Å²) in [7, 11) is 0. The van der Waals surface area contributed by atoms with Crippen LogP contribution in [-0.4, -0.2) is 4.98 Å². The fourth-order valence-corrected chi connectivity index (χ4v) is 2.28. The molecule has 0 atom stereocenters. The summed E-state index contributed by atoms with van der Waals surface area (Å²) in [4.78, 5) is 4.24. The molecule has 3 aromatic rings. The van der Waals surface area contributed by atoms with Crippen molar-refractivity contribution < 1.29 is 9.13 Å². The number of benzene rings is 2. The van der Waals surface area contributed by atoms with E-state index in [0.29, 0.717) is 15.9 Å². The summed E-state index contributed by atoms with van der Waals surface area (Å²) in [6, 6.07) is 12.0. The van der Waals surface area contributed by atoms with Crippen molar-refractivity contribution in [3.05, 3.63) is 59.0 Å². The van der Waals surface area contributed by atoms with Crippen LogP contribution in [-0.2, 0) is 0 Å². The van der Waals surface area contributed by atoms with Gasteiger partial charge in [-0.05, 0) is 46.3 Å². The minimum absolute atomic E-state index is 0.280. The summed E-state index contributed by atoms with van der Waals surface area (Å²) >= 11 is 3.08. The highest BCUT2D eigenvalue weighted by Crippen LogP contribution is 2.34. The third kappa shape index (κ3) is 2.32. The molecule has 100 valence electrons. The summed E-state index contributed by atoms with van der Waals surface area (Å²) in [5, 5.41) is 0.845. The normalized spacial score (nSPS) is 10.7. The molecule has 3 rings (SSSR count). The Balaban J connectivity index is 2.08. The average molecular weight is 333 g/mol. The van der Waals surface area contributed by atoms with E-state index in [-0.39, 0.29) is 5.75 Å². The quantitative estimate of drug-likeness (QED) is 0.702. The Kier molecular flexibility index (Phi) is 3.28. The van der Waals surface area contributed by atoms with Crippen molar-refractivity contribution in [3.63, 3.8) is 0 Å². The zero-order chi connectivity index (χ0) is 14.1. The molecule has 0 aliphatic rings. The molecule has 3 nitrogen and oxygen atoms in total. The molecule has 0 aliphatic carbocycles. The number of ether oxygens (including phenoxy) is 1. The fraction of sp³-hybridized carbons (Fsp3) is 0. The predicted molar refractivity (Wildman–Crippen MR) is 80.3 cm³/mol. The molecule has 1 aromatic heterocycles. The largest absolute Gasteiger partial charge is 0.454 e. The minimum Gasteiger partial charge on any atom is -0.454 e. The van der Waals surface area contributed by atoms with Gasteiger partial charge in [-0.1, -0.05) is 6.07 Å². The van der Waals surface area contributed by atoms with Crippen LogP contribution >= 0.6 is 15.9 Å². The first-order valence-corrected chi connectivity index (χ1v) is 6.70. The summed E-state index contributed by atoms with van der Waals surface area (Å²) in [6.45, 7) is 0. The summed E-state index contributed by atoms with van der Waals surface area (Å²) in [5.74, 6) is 0.443. The molecule has 0 unspecified atom stereocenters. The van der Waals surface area contributed by atoms with Gasteiger partial charge in [0.05, 0.1) is 15.7 Å². The Labute approximate surface area is 123 Å². The highest BCUT2D eigenvalue weighted by Gasteiger charge is 2.10. The van der Waals surface area contributed by atoms with E-state index in [1.165, 1.54) is 12.1 Å². The van der Waals surface area contributed by atoms with Gasteiger partial charge in [0.25, 0.3) is 0 Å². The number of fused-ring (bicyclic) bond motifs is 1. The molecule has 2 N–H and O–H groups in total. The van der Waals surface area contributed by atoms with E-state index in [0.717, 1.165) is 10.9 Å². The van der Waals surface area contributed by atoms with Gasteiger partial charge >= 0.3 is 0 Å². The standard InChI is InChI=1S/C15H10BrFN2O/c16-10-7-12(18)15(8-11(10)17)20-14-5-1-4-13-9(14)3-2-6-19-13/h1-8H,18H2. The van der Waals surface area contributed by atoms with E-state index in [9.17, 15) is 4.39 Å². The summed E-state index contributed by atoms with van der Waals surface area (Å²) in [5.41, 5.74) is 7.01. The van der Waals surface area contributed by atoms with Crippen molar-refractivity contribution >= 4 is 32.5 Å². The van der Waals surface area contributed by atoms with Crippen LogP contribution in [0, 0.1) is 5.82 Å². The van der Waals surface area contributed by atoms with E-state index in [2.05, 4.69) is 20.9 Å². The molecule has 20 heavy (non-hydrogen) atoms. The number of nitrogens with zero attached hydrogens (tertiary/aromatic N) is 1. The monoisotopic (exact) mass is 332 g/mol. The molecular formula is C15H10BrFN2O. The lowest BCUT2D eigenvalue weighted by Crippen LogP contribution is -1.94. The smallest absolute Gasteiger partial charge is 0.153 e. The minimum atomic E-state index is -0.424. The van der Waals surface area contributed by atoms with Crippen molar-refractivity contribution in [1.82, 2.24) is 4.98 Å². The van der Waals surface area contributed by atoms with Crippen LogP contribution in [0.2, 0.25) is 0 Å². The van der Waals surface area contributed by atoms with E-state index in [1.807, 2.05) is 24.3 Å². The van der Waals surface area contributed by atoms with Crippen molar-refractivity contribution in [2.24, 2.45) is 0 Å². The van der Waals surface area contributed by atoms with Crippen LogP contribution in [0.4, 0.5) is 10.1 Å². The SMILES string of the molecule is Nc1cc(Br)c(F)cc1Oc1cccc2ncccc12. The molecule has 5 heteroatoms. The number of halogens is 2. The Morgan fingerprint density at radius 2 is 1.95 bits per heavy atom. The first-order valence-electron chi connectivity index (χ1n) is 5.91. The van der Waals surface area contributed by atoms with Crippen LogP contribution < -0.4 is 10.5 Å². The first kappa shape index (κ1) is 12.9. The second-order valence-electron chi connectivity index (χ2n) is 4.23. The second-order valence-corrected chi connectivity index (χ2v) is 5.09. The molecule has 0 saturated heterocycles. The van der Waals surface area contributed by atoms with Crippen molar-refractivity contribution in [3.8, 4) is 11.5 Å². The molecule has 0 spiro atoms. The third-order valence-electron chi connectivity index (χ3n) is 2.88. The number of nitrogens with two attached hydrogens (primary N) is 1. The maximum atomic E-state index is 13.6. The third-order valence-corrected chi connectivity index (χ3v) is 3.49. The highest BCUT2D eigenvalue weighted by atomic mass is 79.9. The van der Waals surface area contributed by atoms with E-state index in [1.54, 1.807) is 12.3 Å². The lowest BCUT2D eigenvalue weighted by Gasteiger charge is -2.11. The Morgan fingerprint density at radius 3 is 2.80 bits per heavy atom. The molecule has 0 bridgehead atoms. The number of aromatic nitrogens is 1. The zero-order valence-corrected chi connectivity index (χ0v) is 11.9. The summed E-state index contributed by atoms with van der Waals surface area (Å²) in [6.07, 6.45) is 1.71. The van der Waals surface area contributed by atoms with Gasteiger partial charge in [0, 0.05) is 17.6 Å². The van der Waals surface area contributed by atoms with E-state index >= 15 is 0 Å². The first-order chi connectivity index (χ1) is 9.65. The number of pyridine rings is 1. The Hall–Kier alpha value is -2.14. The Bertz CT molecular complexity index is 787. The van der Waals surface area contributed by atoms with Crippen LogP contribution in [0.3, 0.4) is 0 Å². The molecule has 0 radical (unpaired) electrons. The number of anilines is 1. The van der Waals surface area contributed by atoms with Gasteiger partial charge in [0.1, 0.15) is 11.6 Å². The van der Waals surface area contributed by atoms with Crippen LogP contribution in [0.25, 0.3) is 10.9 Å². The van der Waals surface area contributed by atoms with Gasteiger partial charge < -0.3 is 10.5 Å². The van der Waals surface area contributed by atoms with Crippen molar-refractivity contribution in [2.75, 3.05) is 5.73 Å². The molecule has 0 amide bonds. The zero-order valence-electron chi connectivity index (χ0n) is 10.3. The lowest BCUT2D eigenvalue weighted by atomic mass is 10.2. The Morgan fingerprint density at radius 1 is 1.10 bits per heavy atom. The number of hydrogen-bond acceptors (Lipinski definition) is 3. The molecule has 0 saturated carbocycles. The van der Waals surface area contributed by atoms with E-state index < -0.39 is 5.82 Å². The van der Waals surface area contributed by atoms with Gasteiger partial charge in [-0.2, -0.15) is 0 Å². The van der Waals surface area contributed by atoms with Gasteiger partial charge in [-0.3, -0.25) is 4.98 Å². The van der Waals surface area contributed by atoms with Gasteiger partial charge in [0.15, 0.2) is 5.75 Å². The lowest BCUT2D eigenvalue weighted by molar-refractivity contribution is 0.484. The fourth-order valence-electron chi connectivity index (χ4n) is 1.91. The molecule has 1 heterocycles. The van der Waals surface area contributed by atoms with Gasteiger partial charge in [0.2, 0.25) is 0 Å². The average Bonchev–Trinajstić information content (AvgIpc) is 2.45. The number of rotatable bonds is 2. The van der Waals surface area contributed by atoms with Gasteiger partial charge in [-0.15, -0.1) is 0 Å². The van der Waals surface area contributed by atoms with Crippen LogP contribution in [0.5, 0.6) is 11.5 Å². The molecule has 0 fully saturated rings. The van der Waals surface area contributed by atoms with Crippen molar-refractivity contribution in [2.45, 2.75) is 0 Å². The number of nitrogen functional groups attached to an aromatic ring is 1. The highest BCUT2D eigenvalue weighted by molar-refractivity contribution is 9.10. The molecule has 2 aromatic carbocycles. The second kappa shape index (κ2) is 5.09. The maximum absolute atomic E-state index is 13.6. The topological polar surface area (TPSA) is 48.1 Å². The maximum Gasteiger partial charge on any atom is 0.153 e. The van der Waals surface area contributed by atoms with Crippen molar-refractivity contribution in [1.29, 1.82) is 0 Å². The van der Waals surface area contributed by atoms with Crippen LogP contribution in [0.1, 0.15) is 0 Å². The van der Waals surface area contributed by atoms with Gasteiger partial charge in [-0.25, -0.2) is 4.39 Å². The molecular weight excluding hydrogens is 323 g/mol. The van der Waals surface area contributed by atoms with E-state index in [4.69, 9.17) is 10.5 Å². The van der Waals surface area contributed by atoms with Crippen LogP contribution in [0.15, 0.2) is 53.1 Å². The predicted octanol–water partition coefficient (Wildman–Crippen LogP) is 4.51. The number of hydrogen-bond donors (Lipinski definition) is 1.